The molecule has 7 nitrogen and oxygen atoms in total. The van der Waals surface area contributed by atoms with Gasteiger partial charge in [0.15, 0.2) is 0 Å². The molecule has 1 aromatic carbocycles. The predicted octanol–water partition coefficient (Wildman–Crippen LogP) is 2.50. The first-order valence-corrected chi connectivity index (χ1v) is 10.2. The molecule has 3 heterocycles. The van der Waals surface area contributed by atoms with E-state index in [1.807, 2.05) is 48.0 Å². The number of carbonyl (C=O) groups is 2. The Hall–Kier alpha value is -2.83. The van der Waals surface area contributed by atoms with Crippen LogP contribution in [-0.4, -0.2) is 64.2 Å². The van der Waals surface area contributed by atoms with Crippen molar-refractivity contribution in [2.45, 2.75) is 32.2 Å². The number of nitrogens with zero attached hydrogens (tertiary/aromatic N) is 4. The molecule has 0 N–H and O–H groups in total. The quantitative estimate of drug-likeness (QED) is 0.800. The third kappa shape index (κ3) is 3.73. The van der Waals surface area contributed by atoms with Gasteiger partial charge in [0.25, 0.3) is 11.8 Å². The second-order valence-corrected chi connectivity index (χ2v) is 8.03. The van der Waals surface area contributed by atoms with E-state index in [0.717, 1.165) is 31.5 Å². The lowest BCUT2D eigenvalue weighted by molar-refractivity contribution is 0.0191. The number of hydrogen-bond donors (Lipinski definition) is 0. The van der Waals surface area contributed by atoms with Crippen LogP contribution in [0.3, 0.4) is 0 Å². The standard InChI is InChI=1S/C22H28N4O3/c1-15-12-20(24(2)23-15)22(28)26-10-5-7-17-14-25(11-9-19(17)26)21(27)16-6-4-8-18(13-16)29-3/h4,6,8,12-13,17,19H,5,7,9-11,14H2,1-3H3/t17-,19-/m1/s1. The highest BCUT2D eigenvalue weighted by molar-refractivity contribution is 5.95. The lowest BCUT2D eigenvalue weighted by Crippen LogP contribution is -2.56. The second-order valence-electron chi connectivity index (χ2n) is 8.03. The number of aryl methyl sites for hydroxylation is 2. The fraction of sp³-hybridized carbons (Fsp3) is 0.500. The molecule has 2 saturated heterocycles. The van der Waals surface area contributed by atoms with Gasteiger partial charge < -0.3 is 14.5 Å². The van der Waals surface area contributed by atoms with Gasteiger partial charge in [0, 0.05) is 38.3 Å². The van der Waals surface area contributed by atoms with E-state index in [-0.39, 0.29) is 17.9 Å². The number of fused-ring (bicyclic) bond motifs is 1. The Morgan fingerprint density at radius 1 is 1.14 bits per heavy atom. The number of hydrogen-bond acceptors (Lipinski definition) is 4. The molecule has 2 aromatic rings. The van der Waals surface area contributed by atoms with Gasteiger partial charge in [-0.05, 0) is 56.4 Å². The maximum absolute atomic E-state index is 13.2. The highest BCUT2D eigenvalue weighted by Crippen LogP contribution is 2.32. The highest BCUT2D eigenvalue weighted by atomic mass is 16.5. The van der Waals surface area contributed by atoms with E-state index >= 15 is 0 Å². The molecule has 2 atom stereocenters. The third-order valence-corrected chi connectivity index (χ3v) is 6.15. The van der Waals surface area contributed by atoms with Crippen molar-refractivity contribution in [2.75, 3.05) is 26.7 Å². The molecule has 4 rings (SSSR count). The Labute approximate surface area is 171 Å². The van der Waals surface area contributed by atoms with Crippen molar-refractivity contribution >= 4 is 11.8 Å². The van der Waals surface area contributed by atoms with E-state index in [0.29, 0.717) is 36.0 Å². The minimum absolute atomic E-state index is 0.0352. The minimum atomic E-state index is 0.0352. The summed E-state index contributed by atoms with van der Waals surface area (Å²) < 4.78 is 6.92. The molecule has 29 heavy (non-hydrogen) atoms. The van der Waals surface area contributed by atoms with Crippen molar-refractivity contribution in [3.8, 4) is 5.75 Å². The summed E-state index contributed by atoms with van der Waals surface area (Å²) in [5, 5.41) is 4.32. The normalized spacial score (nSPS) is 21.6. The van der Waals surface area contributed by atoms with Crippen molar-refractivity contribution in [1.29, 1.82) is 0 Å². The Balaban J connectivity index is 1.48. The molecule has 154 valence electrons. The Morgan fingerprint density at radius 3 is 2.69 bits per heavy atom. The summed E-state index contributed by atoms with van der Waals surface area (Å²) >= 11 is 0. The van der Waals surface area contributed by atoms with Crippen LogP contribution in [0.2, 0.25) is 0 Å². The van der Waals surface area contributed by atoms with Crippen LogP contribution < -0.4 is 4.74 Å². The number of ether oxygens (including phenoxy) is 1. The molecular weight excluding hydrogens is 368 g/mol. The summed E-state index contributed by atoms with van der Waals surface area (Å²) in [4.78, 5) is 30.1. The Morgan fingerprint density at radius 2 is 1.97 bits per heavy atom. The maximum Gasteiger partial charge on any atom is 0.272 e. The number of aromatic nitrogens is 2. The molecule has 0 bridgehead atoms. The van der Waals surface area contributed by atoms with Crippen molar-refractivity contribution < 1.29 is 14.3 Å². The summed E-state index contributed by atoms with van der Waals surface area (Å²) in [7, 11) is 3.42. The molecule has 0 unspecified atom stereocenters. The van der Waals surface area contributed by atoms with Gasteiger partial charge in [-0.1, -0.05) is 6.07 Å². The van der Waals surface area contributed by atoms with Crippen LogP contribution in [0.4, 0.5) is 0 Å². The molecule has 2 amide bonds. The van der Waals surface area contributed by atoms with Gasteiger partial charge in [0.1, 0.15) is 11.4 Å². The SMILES string of the molecule is COc1cccc(C(=O)N2CC[C@@H]3[C@H](CCCN3C(=O)c3cc(C)nn3C)C2)c1. The largest absolute Gasteiger partial charge is 0.497 e. The van der Waals surface area contributed by atoms with E-state index in [2.05, 4.69) is 5.10 Å². The van der Waals surface area contributed by atoms with Crippen molar-refractivity contribution in [1.82, 2.24) is 19.6 Å². The molecule has 0 saturated carbocycles. The van der Waals surface area contributed by atoms with Gasteiger partial charge in [0.05, 0.1) is 12.8 Å². The molecule has 2 aliphatic rings. The molecule has 0 aliphatic carbocycles. The van der Waals surface area contributed by atoms with Gasteiger partial charge in [-0.15, -0.1) is 0 Å². The Bertz CT molecular complexity index is 923. The molecule has 2 fully saturated rings. The van der Waals surface area contributed by atoms with E-state index < -0.39 is 0 Å². The lowest BCUT2D eigenvalue weighted by Gasteiger charge is -2.47. The maximum atomic E-state index is 13.2. The average Bonchev–Trinajstić information content (AvgIpc) is 3.09. The van der Waals surface area contributed by atoms with Crippen LogP contribution in [0.1, 0.15) is 45.8 Å². The van der Waals surface area contributed by atoms with Crippen LogP contribution in [-0.2, 0) is 7.05 Å². The summed E-state index contributed by atoms with van der Waals surface area (Å²) in [6.07, 6.45) is 2.81. The smallest absolute Gasteiger partial charge is 0.272 e. The van der Waals surface area contributed by atoms with E-state index in [1.165, 1.54) is 0 Å². The van der Waals surface area contributed by atoms with Crippen LogP contribution in [0.15, 0.2) is 30.3 Å². The summed E-state index contributed by atoms with van der Waals surface area (Å²) in [5.74, 6) is 1.08. The topological polar surface area (TPSA) is 67.7 Å². The number of amides is 2. The molecule has 0 spiro atoms. The fourth-order valence-corrected chi connectivity index (χ4v) is 4.74. The van der Waals surface area contributed by atoms with Crippen LogP contribution in [0, 0.1) is 12.8 Å². The van der Waals surface area contributed by atoms with Crippen LogP contribution >= 0.6 is 0 Å². The first-order valence-electron chi connectivity index (χ1n) is 10.2. The van der Waals surface area contributed by atoms with Gasteiger partial charge in [-0.25, -0.2) is 0 Å². The minimum Gasteiger partial charge on any atom is -0.497 e. The zero-order valence-electron chi connectivity index (χ0n) is 17.3. The molecule has 7 heteroatoms. The highest BCUT2D eigenvalue weighted by Gasteiger charge is 2.40. The van der Waals surface area contributed by atoms with E-state index in [9.17, 15) is 9.59 Å². The monoisotopic (exact) mass is 396 g/mol. The Kier molecular flexibility index (Phi) is 5.30. The van der Waals surface area contributed by atoms with Crippen molar-refractivity contribution in [2.24, 2.45) is 13.0 Å². The number of methoxy groups -OCH3 is 1. The molecule has 1 aromatic heterocycles. The molecular formula is C22H28N4O3. The number of piperidine rings is 2. The predicted molar refractivity (Wildman–Crippen MR) is 109 cm³/mol. The van der Waals surface area contributed by atoms with Gasteiger partial charge in [-0.3, -0.25) is 14.3 Å². The second kappa shape index (κ2) is 7.89. The number of rotatable bonds is 3. The fourth-order valence-electron chi connectivity index (χ4n) is 4.74. The molecule has 0 radical (unpaired) electrons. The first-order chi connectivity index (χ1) is 14.0. The number of benzene rings is 1. The van der Waals surface area contributed by atoms with Gasteiger partial charge in [-0.2, -0.15) is 5.10 Å². The molecule has 2 aliphatic heterocycles. The van der Waals surface area contributed by atoms with E-state index in [1.54, 1.807) is 17.9 Å². The van der Waals surface area contributed by atoms with Gasteiger partial charge >= 0.3 is 0 Å². The van der Waals surface area contributed by atoms with Crippen molar-refractivity contribution in [3.63, 3.8) is 0 Å². The summed E-state index contributed by atoms with van der Waals surface area (Å²) in [6.45, 7) is 4.02. The van der Waals surface area contributed by atoms with Crippen LogP contribution in [0.25, 0.3) is 0 Å². The first kappa shape index (κ1) is 19.5. The van der Waals surface area contributed by atoms with E-state index in [4.69, 9.17) is 4.74 Å². The lowest BCUT2D eigenvalue weighted by atomic mass is 9.83. The number of likely N-dealkylation sites (tertiary alicyclic amines) is 2. The van der Waals surface area contributed by atoms with Crippen molar-refractivity contribution in [3.05, 3.63) is 47.3 Å². The van der Waals surface area contributed by atoms with Gasteiger partial charge in [0.2, 0.25) is 0 Å². The average molecular weight is 396 g/mol. The summed E-state index contributed by atoms with van der Waals surface area (Å²) in [6, 6.07) is 9.34. The third-order valence-electron chi connectivity index (χ3n) is 6.15. The number of carbonyl (C=O) groups excluding carboxylic acids is 2. The van der Waals surface area contributed by atoms with Crippen LogP contribution in [0.5, 0.6) is 5.75 Å². The zero-order valence-corrected chi connectivity index (χ0v) is 17.3. The zero-order chi connectivity index (χ0) is 20.5. The summed E-state index contributed by atoms with van der Waals surface area (Å²) in [5.41, 5.74) is 2.14.